The summed E-state index contributed by atoms with van der Waals surface area (Å²) in [5, 5.41) is 0. The van der Waals surface area contributed by atoms with Crippen LogP contribution in [0.25, 0.3) is 0 Å². The third-order valence-corrected chi connectivity index (χ3v) is 4.30. The van der Waals surface area contributed by atoms with Gasteiger partial charge in [-0.2, -0.15) is 13.2 Å². The molecule has 0 fully saturated rings. The summed E-state index contributed by atoms with van der Waals surface area (Å²) in [4.78, 5) is 11.7. The Labute approximate surface area is 139 Å². The largest absolute Gasteiger partial charge is 0.469 e. The standard InChI is InChI=1S/C16H22F3NO2S/c1-14(2,3)23-20-15(4,10-13(21)22-5)11-7-6-8-12(9-11)16(17,18)19/h6-9,20H,10H2,1-5H3. The Kier molecular flexibility index (Phi) is 6.15. The third kappa shape index (κ3) is 6.06. The molecule has 0 aromatic heterocycles. The fraction of sp³-hybridized carbons (Fsp3) is 0.562. The summed E-state index contributed by atoms with van der Waals surface area (Å²) in [5.74, 6) is -0.494. The van der Waals surface area contributed by atoms with Crippen molar-refractivity contribution in [3.05, 3.63) is 35.4 Å². The maximum absolute atomic E-state index is 12.9. The van der Waals surface area contributed by atoms with Gasteiger partial charge in [0.1, 0.15) is 0 Å². The van der Waals surface area contributed by atoms with Crippen molar-refractivity contribution in [2.75, 3.05) is 7.11 Å². The van der Waals surface area contributed by atoms with Crippen LogP contribution >= 0.6 is 11.9 Å². The molecule has 3 nitrogen and oxygen atoms in total. The molecule has 0 heterocycles. The van der Waals surface area contributed by atoms with Crippen molar-refractivity contribution in [3.8, 4) is 0 Å². The zero-order valence-electron chi connectivity index (χ0n) is 13.9. The number of methoxy groups -OCH3 is 1. The van der Waals surface area contributed by atoms with E-state index >= 15 is 0 Å². The predicted octanol–water partition coefficient (Wildman–Crippen LogP) is 4.52. The van der Waals surface area contributed by atoms with E-state index in [-0.39, 0.29) is 11.2 Å². The molecule has 0 spiro atoms. The molecule has 1 aromatic rings. The van der Waals surface area contributed by atoms with Gasteiger partial charge in [0.05, 0.1) is 24.6 Å². The molecule has 1 unspecified atom stereocenters. The number of rotatable bonds is 5. The highest BCUT2D eigenvalue weighted by molar-refractivity contribution is 7.98. The molecule has 1 atom stereocenters. The van der Waals surface area contributed by atoms with Crippen LogP contribution in [0.3, 0.4) is 0 Å². The summed E-state index contributed by atoms with van der Waals surface area (Å²) in [6.45, 7) is 7.60. The summed E-state index contributed by atoms with van der Waals surface area (Å²) in [5.41, 5.74) is -1.34. The first-order chi connectivity index (χ1) is 10.4. The van der Waals surface area contributed by atoms with Crippen LogP contribution in [0.2, 0.25) is 0 Å². The van der Waals surface area contributed by atoms with Gasteiger partial charge in [-0.1, -0.05) is 24.1 Å². The van der Waals surface area contributed by atoms with Gasteiger partial charge >= 0.3 is 12.1 Å². The van der Waals surface area contributed by atoms with Gasteiger partial charge in [0, 0.05) is 4.75 Å². The fourth-order valence-electron chi connectivity index (χ4n) is 1.86. The number of ether oxygens (including phenoxy) is 1. The number of halogens is 3. The molecule has 0 amide bonds. The van der Waals surface area contributed by atoms with Crippen molar-refractivity contribution in [1.29, 1.82) is 0 Å². The maximum Gasteiger partial charge on any atom is 0.416 e. The van der Waals surface area contributed by atoms with E-state index in [2.05, 4.69) is 9.46 Å². The smallest absolute Gasteiger partial charge is 0.416 e. The number of nitrogens with one attached hydrogen (secondary N) is 1. The van der Waals surface area contributed by atoms with Crippen molar-refractivity contribution in [1.82, 2.24) is 4.72 Å². The van der Waals surface area contributed by atoms with Crippen LogP contribution in [0.4, 0.5) is 13.2 Å². The van der Waals surface area contributed by atoms with Gasteiger partial charge in [-0.3, -0.25) is 9.52 Å². The van der Waals surface area contributed by atoms with Crippen LogP contribution in [0.5, 0.6) is 0 Å². The Balaban J connectivity index is 3.20. The molecule has 1 aromatic carbocycles. The highest BCUT2D eigenvalue weighted by Gasteiger charge is 2.35. The Morgan fingerprint density at radius 1 is 1.17 bits per heavy atom. The highest BCUT2D eigenvalue weighted by Crippen LogP contribution is 2.35. The second kappa shape index (κ2) is 7.13. The van der Waals surface area contributed by atoms with Crippen molar-refractivity contribution in [2.24, 2.45) is 0 Å². The predicted molar refractivity (Wildman–Crippen MR) is 85.9 cm³/mol. The van der Waals surface area contributed by atoms with Gasteiger partial charge in [0.15, 0.2) is 0 Å². The van der Waals surface area contributed by atoms with Crippen LogP contribution in [-0.2, 0) is 21.2 Å². The zero-order chi connectivity index (χ0) is 17.9. The molecule has 1 rings (SSSR count). The van der Waals surface area contributed by atoms with E-state index in [1.54, 1.807) is 13.0 Å². The molecule has 0 aliphatic rings. The number of esters is 1. The molecule has 130 valence electrons. The van der Waals surface area contributed by atoms with E-state index in [0.29, 0.717) is 5.56 Å². The topological polar surface area (TPSA) is 38.3 Å². The van der Waals surface area contributed by atoms with Crippen LogP contribution in [0.15, 0.2) is 24.3 Å². The summed E-state index contributed by atoms with van der Waals surface area (Å²) in [6, 6.07) is 5.00. The van der Waals surface area contributed by atoms with Crippen LogP contribution in [-0.4, -0.2) is 17.8 Å². The lowest BCUT2D eigenvalue weighted by atomic mass is 9.88. The second-order valence-corrected chi connectivity index (χ2v) is 8.11. The maximum atomic E-state index is 12.9. The number of benzene rings is 1. The number of carbonyl (C=O) groups is 1. The Morgan fingerprint density at radius 2 is 1.74 bits per heavy atom. The minimum Gasteiger partial charge on any atom is -0.469 e. The van der Waals surface area contributed by atoms with E-state index in [1.165, 1.54) is 25.1 Å². The number of carbonyl (C=O) groups excluding carboxylic acids is 1. The van der Waals surface area contributed by atoms with Gasteiger partial charge in [0.2, 0.25) is 0 Å². The number of alkyl halides is 3. The van der Waals surface area contributed by atoms with Crippen LogP contribution in [0, 0.1) is 0 Å². The Morgan fingerprint density at radius 3 is 2.22 bits per heavy atom. The summed E-state index contributed by atoms with van der Waals surface area (Å²) in [7, 11) is 1.26. The molecular formula is C16H22F3NO2S. The lowest BCUT2D eigenvalue weighted by Gasteiger charge is -2.33. The van der Waals surface area contributed by atoms with Crippen molar-refractivity contribution in [2.45, 2.75) is 50.6 Å². The van der Waals surface area contributed by atoms with Crippen molar-refractivity contribution >= 4 is 17.9 Å². The fourth-order valence-corrected chi connectivity index (χ4v) is 2.58. The first-order valence-corrected chi connectivity index (χ1v) is 7.89. The molecule has 0 radical (unpaired) electrons. The Hall–Kier alpha value is -1.21. The van der Waals surface area contributed by atoms with Crippen LogP contribution < -0.4 is 4.72 Å². The molecule has 0 aliphatic heterocycles. The van der Waals surface area contributed by atoms with E-state index < -0.39 is 23.2 Å². The quantitative estimate of drug-likeness (QED) is 0.626. The van der Waals surface area contributed by atoms with Gasteiger partial charge in [-0.25, -0.2) is 0 Å². The first-order valence-electron chi connectivity index (χ1n) is 7.07. The molecule has 23 heavy (non-hydrogen) atoms. The lowest BCUT2D eigenvalue weighted by Crippen LogP contribution is -2.40. The normalized spacial score (nSPS) is 15.1. The first kappa shape index (κ1) is 19.8. The molecule has 1 N–H and O–H groups in total. The monoisotopic (exact) mass is 349 g/mol. The van der Waals surface area contributed by atoms with Crippen LogP contribution in [0.1, 0.15) is 45.2 Å². The highest BCUT2D eigenvalue weighted by atomic mass is 32.2. The van der Waals surface area contributed by atoms with Crippen molar-refractivity contribution < 1.29 is 22.7 Å². The average Bonchev–Trinajstić information content (AvgIpc) is 2.43. The second-order valence-electron chi connectivity index (χ2n) is 6.48. The lowest BCUT2D eigenvalue weighted by molar-refractivity contribution is -0.142. The minimum atomic E-state index is -4.43. The molecule has 0 saturated carbocycles. The minimum absolute atomic E-state index is 0.0755. The molecule has 0 bridgehead atoms. The molecule has 0 aliphatic carbocycles. The summed E-state index contributed by atoms with van der Waals surface area (Å²) >= 11 is 1.36. The SMILES string of the molecule is COC(=O)CC(C)(NSC(C)(C)C)c1cccc(C(F)(F)F)c1. The third-order valence-electron chi connectivity index (χ3n) is 3.14. The van der Waals surface area contributed by atoms with Gasteiger partial charge in [-0.15, -0.1) is 0 Å². The Bertz CT molecular complexity index is 555. The van der Waals surface area contributed by atoms with Gasteiger partial charge in [0.25, 0.3) is 0 Å². The average molecular weight is 349 g/mol. The molecular weight excluding hydrogens is 327 g/mol. The van der Waals surface area contributed by atoms with E-state index in [0.717, 1.165) is 12.1 Å². The van der Waals surface area contributed by atoms with E-state index in [1.807, 2.05) is 20.8 Å². The van der Waals surface area contributed by atoms with E-state index in [9.17, 15) is 18.0 Å². The zero-order valence-corrected chi connectivity index (χ0v) is 14.7. The molecule has 7 heteroatoms. The summed E-state index contributed by atoms with van der Waals surface area (Å²) in [6.07, 6.45) is -4.51. The number of hydrogen-bond acceptors (Lipinski definition) is 4. The van der Waals surface area contributed by atoms with E-state index in [4.69, 9.17) is 0 Å². The molecule has 0 saturated heterocycles. The number of hydrogen-bond donors (Lipinski definition) is 1. The van der Waals surface area contributed by atoms with Gasteiger partial charge in [-0.05, 0) is 45.4 Å². The van der Waals surface area contributed by atoms with Gasteiger partial charge < -0.3 is 4.74 Å². The summed E-state index contributed by atoms with van der Waals surface area (Å²) < 4.78 is 46.5. The van der Waals surface area contributed by atoms with Crippen molar-refractivity contribution in [3.63, 3.8) is 0 Å².